The molecule has 0 aromatic heterocycles. The van der Waals surface area contributed by atoms with Crippen molar-refractivity contribution in [1.29, 1.82) is 5.26 Å². The van der Waals surface area contributed by atoms with E-state index in [-0.39, 0.29) is 21.2 Å². The average molecular weight is 309 g/mol. The lowest BCUT2D eigenvalue weighted by atomic mass is 10.2. The summed E-state index contributed by atoms with van der Waals surface area (Å²) in [6, 6.07) is 11.4. The maximum absolute atomic E-state index is 12.2. The first-order valence-electron chi connectivity index (χ1n) is 5.44. The first-order chi connectivity index (χ1) is 9.42. The maximum atomic E-state index is 12.2. The molecule has 102 valence electrons. The van der Waals surface area contributed by atoms with Crippen molar-refractivity contribution < 1.29 is 13.5 Å². The zero-order valence-corrected chi connectivity index (χ0v) is 11.6. The van der Waals surface area contributed by atoms with Crippen molar-refractivity contribution in [3.63, 3.8) is 0 Å². The summed E-state index contributed by atoms with van der Waals surface area (Å²) >= 11 is 5.87. The molecule has 0 unspecified atom stereocenters. The number of phenolic OH excluding ortho intramolecular Hbond substituents is 1. The number of nitrogens with one attached hydrogen (secondary N) is 1. The molecule has 7 heteroatoms. The van der Waals surface area contributed by atoms with Crippen molar-refractivity contribution in [2.75, 3.05) is 4.72 Å². The van der Waals surface area contributed by atoms with E-state index in [0.717, 1.165) is 0 Å². The Hall–Kier alpha value is -2.23. The summed E-state index contributed by atoms with van der Waals surface area (Å²) in [7, 11) is -3.85. The molecular formula is C13H9ClN2O3S. The summed E-state index contributed by atoms with van der Waals surface area (Å²) in [6.07, 6.45) is 0. The van der Waals surface area contributed by atoms with E-state index in [2.05, 4.69) is 4.72 Å². The van der Waals surface area contributed by atoms with Gasteiger partial charge in [0.25, 0.3) is 10.0 Å². The number of phenols is 1. The summed E-state index contributed by atoms with van der Waals surface area (Å²) in [5, 5.41) is 17.8. The third-order valence-electron chi connectivity index (χ3n) is 2.47. The smallest absolute Gasteiger partial charge is 0.263 e. The fourth-order valence-electron chi connectivity index (χ4n) is 1.53. The van der Waals surface area contributed by atoms with Gasteiger partial charge in [-0.25, -0.2) is 8.42 Å². The Labute approximate surface area is 121 Å². The van der Waals surface area contributed by atoms with Crippen LogP contribution in [0, 0.1) is 11.3 Å². The van der Waals surface area contributed by atoms with Gasteiger partial charge in [-0.3, -0.25) is 4.72 Å². The van der Waals surface area contributed by atoms with E-state index >= 15 is 0 Å². The predicted octanol–water partition coefficient (Wildman–Crippen LogP) is 2.72. The molecule has 0 aliphatic rings. The van der Waals surface area contributed by atoms with Crippen LogP contribution in [0.15, 0.2) is 47.4 Å². The van der Waals surface area contributed by atoms with Crippen LogP contribution >= 0.6 is 11.6 Å². The molecule has 0 amide bonds. The third-order valence-corrected chi connectivity index (χ3v) is 4.33. The van der Waals surface area contributed by atoms with Gasteiger partial charge in [-0.15, -0.1) is 0 Å². The van der Waals surface area contributed by atoms with Crippen LogP contribution in [0.1, 0.15) is 5.56 Å². The average Bonchev–Trinajstić information content (AvgIpc) is 2.40. The topological polar surface area (TPSA) is 90.2 Å². The van der Waals surface area contributed by atoms with Crippen molar-refractivity contribution in [1.82, 2.24) is 0 Å². The van der Waals surface area contributed by atoms with Crippen molar-refractivity contribution in [2.24, 2.45) is 0 Å². The lowest BCUT2D eigenvalue weighted by Crippen LogP contribution is -2.13. The van der Waals surface area contributed by atoms with Gasteiger partial charge in [-0.05, 0) is 42.5 Å². The third kappa shape index (κ3) is 3.02. The quantitative estimate of drug-likeness (QED) is 0.853. The van der Waals surface area contributed by atoms with Gasteiger partial charge in [0.1, 0.15) is 10.6 Å². The van der Waals surface area contributed by atoms with E-state index in [1.54, 1.807) is 0 Å². The molecule has 20 heavy (non-hydrogen) atoms. The highest BCUT2D eigenvalue weighted by Gasteiger charge is 2.18. The number of nitrogens with zero attached hydrogens (tertiary/aromatic N) is 1. The van der Waals surface area contributed by atoms with Gasteiger partial charge in [0, 0.05) is 5.69 Å². The zero-order chi connectivity index (χ0) is 14.8. The van der Waals surface area contributed by atoms with Crippen LogP contribution in [0.25, 0.3) is 0 Å². The molecule has 0 spiro atoms. The number of halogens is 1. The number of rotatable bonds is 3. The minimum atomic E-state index is -3.85. The van der Waals surface area contributed by atoms with Gasteiger partial charge in [0.2, 0.25) is 0 Å². The maximum Gasteiger partial charge on any atom is 0.263 e. The van der Waals surface area contributed by atoms with Crippen LogP contribution in [0.4, 0.5) is 5.69 Å². The summed E-state index contributed by atoms with van der Waals surface area (Å²) in [5.41, 5.74) is 0.571. The van der Waals surface area contributed by atoms with Crippen molar-refractivity contribution >= 4 is 27.3 Å². The number of anilines is 1. The fourth-order valence-corrected chi connectivity index (χ4v) is 3.13. The van der Waals surface area contributed by atoms with Crippen LogP contribution in [0.3, 0.4) is 0 Å². The van der Waals surface area contributed by atoms with Crippen molar-refractivity contribution in [3.8, 4) is 11.8 Å². The van der Waals surface area contributed by atoms with Gasteiger partial charge < -0.3 is 5.11 Å². The standard InChI is InChI=1S/C13H9ClN2O3S/c14-12-7-9(8-15)1-6-13(12)20(18,19)16-10-2-4-11(17)5-3-10/h1-7,16-17H. The molecule has 0 bridgehead atoms. The van der Waals surface area contributed by atoms with Crippen LogP contribution in [-0.2, 0) is 10.0 Å². The van der Waals surface area contributed by atoms with E-state index in [4.69, 9.17) is 22.0 Å². The predicted molar refractivity (Wildman–Crippen MR) is 75.1 cm³/mol. The van der Waals surface area contributed by atoms with Crippen LogP contribution in [0.2, 0.25) is 5.02 Å². The second-order valence-corrected chi connectivity index (χ2v) is 5.97. The van der Waals surface area contributed by atoms with E-state index in [1.165, 1.54) is 42.5 Å². The SMILES string of the molecule is N#Cc1ccc(S(=O)(=O)Nc2ccc(O)cc2)c(Cl)c1. The van der Waals surface area contributed by atoms with Gasteiger partial charge in [0.15, 0.2) is 0 Å². The second kappa shape index (κ2) is 5.41. The minimum Gasteiger partial charge on any atom is -0.508 e. The highest BCUT2D eigenvalue weighted by Crippen LogP contribution is 2.25. The van der Waals surface area contributed by atoms with Gasteiger partial charge >= 0.3 is 0 Å². The summed E-state index contributed by atoms with van der Waals surface area (Å²) in [4.78, 5) is -0.119. The highest BCUT2D eigenvalue weighted by atomic mass is 35.5. The van der Waals surface area contributed by atoms with Crippen molar-refractivity contribution in [2.45, 2.75) is 4.90 Å². The Morgan fingerprint density at radius 1 is 1.15 bits per heavy atom. The number of hydrogen-bond acceptors (Lipinski definition) is 4. The monoisotopic (exact) mass is 308 g/mol. The Morgan fingerprint density at radius 3 is 2.35 bits per heavy atom. The first kappa shape index (κ1) is 14.2. The van der Waals surface area contributed by atoms with Gasteiger partial charge in [0.05, 0.1) is 16.7 Å². The number of hydrogen-bond donors (Lipinski definition) is 2. The van der Waals surface area contributed by atoms with Gasteiger partial charge in [-0.1, -0.05) is 11.6 Å². The fraction of sp³-hybridized carbons (Fsp3) is 0. The molecule has 0 atom stereocenters. The van der Waals surface area contributed by atoms with Crippen LogP contribution < -0.4 is 4.72 Å². The lowest BCUT2D eigenvalue weighted by Gasteiger charge is -2.09. The van der Waals surface area contributed by atoms with E-state index in [9.17, 15) is 8.42 Å². The molecule has 0 fully saturated rings. The molecule has 0 heterocycles. The Bertz CT molecular complexity index is 780. The Morgan fingerprint density at radius 2 is 1.80 bits per heavy atom. The number of nitriles is 1. The second-order valence-electron chi connectivity index (χ2n) is 3.91. The number of sulfonamides is 1. The largest absolute Gasteiger partial charge is 0.508 e. The molecule has 2 N–H and O–H groups in total. The van der Waals surface area contributed by atoms with Crippen molar-refractivity contribution in [3.05, 3.63) is 53.1 Å². The summed E-state index contributed by atoms with van der Waals surface area (Å²) in [6.45, 7) is 0. The van der Waals surface area contributed by atoms with E-state index in [0.29, 0.717) is 5.69 Å². The molecular weight excluding hydrogens is 300 g/mol. The normalized spacial score (nSPS) is 10.8. The number of aromatic hydroxyl groups is 1. The molecule has 0 aliphatic carbocycles. The molecule has 0 saturated carbocycles. The van der Waals surface area contributed by atoms with E-state index < -0.39 is 10.0 Å². The molecule has 2 aromatic carbocycles. The lowest BCUT2D eigenvalue weighted by molar-refractivity contribution is 0.475. The molecule has 5 nitrogen and oxygen atoms in total. The van der Waals surface area contributed by atoms with Gasteiger partial charge in [-0.2, -0.15) is 5.26 Å². The molecule has 2 aromatic rings. The molecule has 0 saturated heterocycles. The Balaban J connectivity index is 2.36. The number of benzene rings is 2. The molecule has 0 radical (unpaired) electrons. The van der Waals surface area contributed by atoms with Crippen LogP contribution in [0.5, 0.6) is 5.75 Å². The minimum absolute atomic E-state index is 0.0318. The van der Waals surface area contributed by atoms with E-state index in [1.807, 2.05) is 6.07 Å². The summed E-state index contributed by atoms with van der Waals surface area (Å²) in [5.74, 6) is 0.0318. The molecule has 0 aliphatic heterocycles. The first-order valence-corrected chi connectivity index (χ1v) is 7.30. The van der Waals surface area contributed by atoms with Crippen LogP contribution in [-0.4, -0.2) is 13.5 Å². The highest BCUT2D eigenvalue weighted by molar-refractivity contribution is 7.92. The molecule has 2 rings (SSSR count). The zero-order valence-electron chi connectivity index (χ0n) is 10.0. The Kier molecular flexibility index (Phi) is 3.84. The summed E-state index contributed by atoms with van der Waals surface area (Å²) < 4.78 is 26.7.